The van der Waals surface area contributed by atoms with E-state index in [-0.39, 0.29) is 6.10 Å². The van der Waals surface area contributed by atoms with E-state index in [0.29, 0.717) is 5.92 Å². The number of aliphatic hydroxyl groups excluding tert-OH is 1. The lowest BCUT2D eigenvalue weighted by atomic mass is 9.82. The second-order valence-corrected chi connectivity index (χ2v) is 4.52. The van der Waals surface area contributed by atoms with Gasteiger partial charge in [0.05, 0.1) is 6.10 Å². The van der Waals surface area contributed by atoms with Crippen molar-refractivity contribution < 1.29 is 5.11 Å². The monoisotopic (exact) mass is 206 g/mol. The average molecular weight is 206 g/mol. The van der Waals surface area contributed by atoms with Crippen LogP contribution in [0.5, 0.6) is 0 Å². The molecular weight excluding hydrogens is 188 g/mol. The zero-order valence-electron chi connectivity index (χ0n) is 9.35. The highest BCUT2D eigenvalue weighted by Crippen LogP contribution is 2.29. The van der Waals surface area contributed by atoms with Crippen LogP contribution in [0.1, 0.15) is 18.4 Å². The maximum Gasteiger partial charge on any atom is 0.131 e. The largest absolute Gasteiger partial charge is 0.393 e. The summed E-state index contributed by atoms with van der Waals surface area (Å²) in [7, 11) is 2.07. The van der Waals surface area contributed by atoms with E-state index >= 15 is 0 Å². The predicted molar refractivity (Wildman–Crippen MR) is 61.0 cm³/mol. The molecule has 1 saturated carbocycles. The molecule has 0 aromatic carbocycles. The van der Waals surface area contributed by atoms with Crippen LogP contribution in [0.4, 0.5) is 5.82 Å². The van der Waals surface area contributed by atoms with Crippen molar-refractivity contribution in [1.29, 1.82) is 0 Å². The third-order valence-corrected chi connectivity index (χ3v) is 3.09. The van der Waals surface area contributed by atoms with Crippen LogP contribution in [0.2, 0.25) is 0 Å². The summed E-state index contributed by atoms with van der Waals surface area (Å²) < 4.78 is 0. The Kier molecular flexibility index (Phi) is 2.91. The molecule has 1 N–H and O–H groups in total. The van der Waals surface area contributed by atoms with E-state index in [1.165, 1.54) is 5.56 Å². The van der Waals surface area contributed by atoms with Gasteiger partial charge in [0.15, 0.2) is 0 Å². The van der Waals surface area contributed by atoms with Crippen molar-refractivity contribution in [2.75, 3.05) is 18.5 Å². The normalized spacial score (nSPS) is 24.7. The molecule has 0 bridgehead atoms. The Morgan fingerprint density at radius 3 is 2.87 bits per heavy atom. The summed E-state index contributed by atoms with van der Waals surface area (Å²) in [6, 6.07) is 4.04. The first-order chi connectivity index (χ1) is 7.16. The molecule has 0 aliphatic heterocycles. The van der Waals surface area contributed by atoms with E-state index in [0.717, 1.165) is 25.2 Å². The highest BCUT2D eigenvalue weighted by Gasteiger charge is 2.28. The smallest absolute Gasteiger partial charge is 0.131 e. The summed E-state index contributed by atoms with van der Waals surface area (Å²) in [6.45, 7) is 3.07. The minimum absolute atomic E-state index is 0.0618. The minimum Gasteiger partial charge on any atom is -0.393 e. The molecule has 15 heavy (non-hydrogen) atoms. The van der Waals surface area contributed by atoms with Gasteiger partial charge >= 0.3 is 0 Å². The second-order valence-electron chi connectivity index (χ2n) is 4.52. The van der Waals surface area contributed by atoms with Crippen LogP contribution in [0, 0.1) is 12.8 Å². The summed E-state index contributed by atoms with van der Waals surface area (Å²) in [5.41, 5.74) is 1.21. The van der Waals surface area contributed by atoms with Crippen molar-refractivity contribution in [3.05, 3.63) is 23.9 Å². The van der Waals surface area contributed by atoms with Gasteiger partial charge in [-0.15, -0.1) is 0 Å². The Balaban J connectivity index is 1.96. The van der Waals surface area contributed by atoms with Crippen molar-refractivity contribution in [3.63, 3.8) is 0 Å². The van der Waals surface area contributed by atoms with E-state index in [2.05, 4.69) is 29.9 Å². The number of hydrogen-bond acceptors (Lipinski definition) is 3. The van der Waals surface area contributed by atoms with Crippen LogP contribution in [0.25, 0.3) is 0 Å². The SMILES string of the molecule is Cc1cccnc1N(C)CC1CC(O)C1. The van der Waals surface area contributed by atoms with E-state index < -0.39 is 0 Å². The molecule has 3 nitrogen and oxygen atoms in total. The van der Waals surface area contributed by atoms with Gasteiger partial charge in [0.2, 0.25) is 0 Å². The van der Waals surface area contributed by atoms with Crippen molar-refractivity contribution in [2.45, 2.75) is 25.9 Å². The average Bonchev–Trinajstić information content (AvgIpc) is 2.16. The number of hydrogen-bond donors (Lipinski definition) is 1. The standard InChI is InChI=1S/C12H18N2O/c1-9-4-3-5-13-12(9)14(2)8-10-6-11(15)7-10/h3-5,10-11,15H,6-8H2,1-2H3. The molecule has 1 heterocycles. The molecule has 0 radical (unpaired) electrons. The fourth-order valence-electron chi connectivity index (χ4n) is 2.20. The summed E-state index contributed by atoms with van der Waals surface area (Å²) in [6.07, 6.45) is 3.65. The van der Waals surface area contributed by atoms with Crippen molar-refractivity contribution in [1.82, 2.24) is 4.98 Å². The molecule has 0 amide bonds. The number of anilines is 1. The van der Waals surface area contributed by atoms with Crippen molar-refractivity contribution in [3.8, 4) is 0 Å². The van der Waals surface area contributed by atoms with Crippen LogP contribution in [0.15, 0.2) is 18.3 Å². The number of aryl methyl sites for hydroxylation is 1. The number of pyridine rings is 1. The highest BCUT2D eigenvalue weighted by molar-refractivity contribution is 5.44. The van der Waals surface area contributed by atoms with Crippen LogP contribution in [-0.2, 0) is 0 Å². The lowest BCUT2D eigenvalue weighted by Crippen LogP contribution is -2.37. The molecular formula is C12H18N2O. The first-order valence-electron chi connectivity index (χ1n) is 5.47. The van der Waals surface area contributed by atoms with Gasteiger partial charge < -0.3 is 10.0 Å². The maximum absolute atomic E-state index is 9.22. The Labute approximate surface area is 90.8 Å². The molecule has 2 rings (SSSR count). The molecule has 1 fully saturated rings. The molecule has 0 unspecified atom stereocenters. The lowest BCUT2D eigenvalue weighted by molar-refractivity contribution is 0.0464. The third-order valence-electron chi connectivity index (χ3n) is 3.09. The lowest BCUT2D eigenvalue weighted by Gasteiger charge is -2.35. The summed E-state index contributed by atoms with van der Waals surface area (Å²) in [5.74, 6) is 1.69. The molecule has 3 heteroatoms. The summed E-state index contributed by atoms with van der Waals surface area (Å²) in [4.78, 5) is 6.56. The summed E-state index contributed by atoms with van der Waals surface area (Å²) in [5, 5.41) is 9.22. The molecule has 0 saturated heterocycles. The number of nitrogens with zero attached hydrogens (tertiary/aromatic N) is 2. The van der Waals surface area contributed by atoms with Gasteiger partial charge in [0.25, 0.3) is 0 Å². The Bertz CT molecular complexity index is 334. The topological polar surface area (TPSA) is 36.4 Å². The van der Waals surface area contributed by atoms with Crippen LogP contribution >= 0.6 is 0 Å². The quantitative estimate of drug-likeness (QED) is 0.816. The van der Waals surface area contributed by atoms with E-state index in [9.17, 15) is 5.11 Å². The molecule has 1 aliphatic carbocycles. The van der Waals surface area contributed by atoms with Crippen LogP contribution < -0.4 is 4.90 Å². The van der Waals surface area contributed by atoms with Gasteiger partial charge in [-0.1, -0.05) is 6.07 Å². The number of rotatable bonds is 3. The van der Waals surface area contributed by atoms with E-state index in [4.69, 9.17) is 0 Å². The van der Waals surface area contributed by atoms with Gasteiger partial charge in [0.1, 0.15) is 5.82 Å². The fourth-order valence-corrected chi connectivity index (χ4v) is 2.20. The molecule has 82 valence electrons. The molecule has 1 aromatic heterocycles. The van der Waals surface area contributed by atoms with Crippen molar-refractivity contribution in [2.24, 2.45) is 5.92 Å². The van der Waals surface area contributed by atoms with Gasteiger partial charge in [0, 0.05) is 19.8 Å². The molecule has 1 aliphatic rings. The molecule has 1 aromatic rings. The van der Waals surface area contributed by atoms with Gasteiger partial charge in [-0.2, -0.15) is 0 Å². The zero-order chi connectivity index (χ0) is 10.8. The fraction of sp³-hybridized carbons (Fsp3) is 0.583. The first-order valence-corrected chi connectivity index (χ1v) is 5.47. The highest BCUT2D eigenvalue weighted by atomic mass is 16.3. The maximum atomic E-state index is 9.22. The zero-order valence-corrected chi connectivity index (χ0v) is 9.35. The van der Waals surface area contributed by atoms with Crippen LogP contribution in [0.3, 0.4) is 0 Å². The predicted octanol–water partition coefficient (Wildman–Crippen LogP) is 1.60. The first kappa shape index (κ1) is 10.4. The van der Waals surface area contributed by atoms with Gasteiger partial charge in [-0.25, -0.2) is 4.98 Å². The number of aromatic nitrogens is 1. The number of aliphatic hydroxyl groups is 1. The Morgan fingerprint density at radius 2 is 2.27 bits per heavy atom. The summed E-state index contributed by atoms with van der Waals surface area (Å²) >= 11 is 0. The van der Waals surface area contributed by atoms with Gasteiger partial charge in [-0.3, -0.25) is 0 Å². The molecule has 0 spiro atoms. The Morgan fingerprint density at radius 1 is 1.53 bits per heavy atom. The third kappa shape index (κ3) is 2.29. The van der Waals surface area contributed by atoms with E-state index in [1.807, 2.05) is 12.3 Å². The second kappa shape index (κ2) is 4.19. The van der Waals surface area contributed by atoms with Crippen molar-refractivity contribution >= 4 is 5.82 Å². The van der Waals surface area contributed by atoms with Crippen LogP contribution in [-0.4, -0.2) is 29.8 Å². The minimum atomic E-state index is -0.0618. The van der Waals surface area contributed by atoms with Gasteiger partial charge in [-0.05, 0) is 37.3 Å². The van der Waals surface area contributed by atoms with E-state index in [1.54, 1.807) is 0 Å². The molecule has 0 atom stereocenters. The Hall–Kier alpha value is -1.09.